The van der Waals surface area contributed by atoms with Gasteiger partial charge in [0.05, 0.1) is 30.7 Å². The third-order valence-corrected chi connectivity index (χ3v) is 5.11. The summed E-state index contributed by atoms with van der Waals surface area (Å²) in [6, 6.07) is 0. The predicted octanol–water partition coefficient (Wildman–Crippen LogP) is 3.53. The highest BCUT2D eigenvalue weighted by atomic mass is 32.1. The van der Waals surface area contributed by atoms with E-state index in [9.17, 15) is 36.3 Å². The van der Waals surface area contributed by atoms with Crippen LogP contribution in [-0.2, 0) is 22.6 Å². The van der Waals surface area contributed by atoms with E-state index in [2.05, 4.69) is 4.74 Å². The zero-order valence-corrected chi connectivity index (χ0v) is 17.0. The van der Waals surface area contributed by atoms with Crippen molar-refractivity contribution in [3.05, 3.63) is 31.3 Å². The molecule has 168 valence electrons. The lowest BCUT2D eigenvalue weighted by atomic mass is 10.1. The molecule has 0 unspecified atom stereocenters. The smallest absolute Gasteiger partial charge is 0.462 e. The Morgan fingerprint density at radius 2 is 1.80 bits per heavy atom. The summed E-state index contributed by atoms with van der Waals surface area (Å²) < 4.78 is 74.4. The van der Waals surface area contributed by atoms with Crippen LogP contribution in [0, 0.1) is 5.92 Å². The van der Waals surface area contributed by atoms with Crippen molar-refractivity contribution >= 4 is 27.5 Å². The number of alkyl halides is 5. The van der Waals surface area contributed by atoms with Crippen LogP contribution < -0.4 is 11.2 Å². The number of halogens is 5. The monoisotopic (exact) mass is 458 g/mol. The first-order valence-electron chi connectivity index (χ1n) is 8.85. The first-order valence-corrected chi connectivity index (χ1v) is 9.66. The number of rotatable bonds is 8. The summed E-state index contributed by atoms with van der Waals surface area (Å²) >= 11 is 0.399. The highest BCUT2D eigenvalue weighted by molar-refractivity contribution is 7.20. The van der Waals surface area contributed by atoms with Crippen LogP contribution in [0.2, 0.25) is 0 Å². The highest BCUT2D eigenvalue weighted by Gasteiger charge is 2.32. The second kappa shape index (κ2) is 9.25. The van der Waals surface area contributed by atoms with Crippen molar-refractivity contribution in [3.8, 4) is 0 Å². The van der Waals surface area contributed by atoms with E-state index < -0.39 is 59.0 Å². The molecule has 13 heteroatoms. The van der Waals surface area contributed by atoms with Crippen molar-refractivity contribution in [1.29, 1.82) is 0 Å². The van der Waals surface area contributed by atoms with Gasteiger partial charge in [0.2, 0.25) is 0 Å². The molecule has 0 spiro atoms. The Labute approximate surface area is 170 Å². The predicted molar refractivity (Wildman–Crippen MR) is 98.1 cm³/mol. The average Bonchev–Trinajstić information content (AvgIpc) is 3.01. The molecule has 2 rings (SSSR count). The average molecular weight is 458 g/mol. The molecular formula is C17H19F5N2O5S. The van der Waals surface area contributed by atoms with Crippen molar-refractivity contribution < 1.29 is 36.2 Å². The maximum Gasteiger partial charge on any atom is 0.522 e. The second-order valence-electron chi connectivity index (χ2n) is 6.58. The Balaban J connectivity index is 2.82. The van der Waals surface area contributed by atoms with Crippen molar-refractivity contribution in [3.63, 3.8) is 0 Å². The van der Waals surface area contributed by atoms with Crippen molar-refractivity contribution in [2.45, 2.75) is 46.6 Å². The van der Waals surface area contributed by atoms with Crippen molar-refractivity contribution in [1.82, 2.24) is 9.13 Å². The SMILES string of the molecule is CCOC(=O)c1sc2c(c1C(F)F)c(=O)n(CC(C)C)c(=O)n2CCOC(F)(F)F. The van der Waals surface area contributed by atoms with E-state index >= 15 is 0 Å². The van der Waals surface area contributed by atoms with Gasteiger partial charge in [0.15, 0.2) is 0 Å². The first-order chi connectivity index (χ1) is 13.9. The fourth-order valence-electron chi connectivity index (χ4n) is 2.82. The van der Waals surface area contributed by atoms with Gasteiger partial charge in [0.1, 0.15) is 9.71 Å². The van der Waals surface area contributed by atoms with Crippen molar-refractivity contribution in [2.75, 3.05) is 13.2 Å². The molecule has 0 amide bonds. The van der Waals surface area contributed by atoms with Crippen LogP contribution in [-0.4, -0.2) is 34.7 Å². The Hall–Kier alpha value is -2.28. The largest absolute Gasteiger partial charge is 0.522 e. The fraction of sp³-hybridized carbons (Fsp3) is 0.588. The Bertz CT molecular complexity index is 1040. The maximum absolute atomic E-state index is 13.8. The number of carbonyl (C=O) groups is 1. The third-order valence-electron chi connectivity index (χ3n) is 3.90. The minimum absolute atomic E-state index is 0.125. The lowest BCUT2D eigenvalue weighted by Crippen LogP contribution is -2.41. The lowest BCUT2D eigenvalue weighted by Gasteiger charge is -2.14. The summed E-state index contributed by atoms with van der Waals surface area (Å²) in [4.78, 5) is 36.8. The van der Waals surface area contributed by atoms with Crippen molar-refractivity contribution in [2.24, 2.45) is 5.92 Å². The van der Waals surface area contributed by atoms with Gasteiger partial charge in [0, 0.05) is 6.54 Å². The van der Waals surface area contributed by atoms with Gasteiger partial charge in [-0.2, -0.15) is 0 Å². The first kappa shape index (κ1) is 24.0. The summed E-state index contributed by atoms with van der Waals surface area (Å²) in [6.07, 6.45) is -8.22. The quantitative estimate of drug-likeness (QED) is 0.447. The molecule has 0 saturated carbocycles. The van der Waals surface area contributed by atoms with Crippen LogP contribution in [0.5, 0.6) is 0 Å². The molecule has 0 radical (unpaired) electrons. The van der Waals surface area contributed by atoms with Crippen LogP contribution in [0.4, 0.5) is 22.0 Å². The minimum Gasteiger partial charge on any atom is -0.462 e. The number of ether oxygens (including phenoxy) is 2. The summed E-state index contributed by atoms with van der Waals surface area (Å²) in [5.41, 5.74) is -2.93. The Kier molecular flexibility index (Phi) is 7.40. The van der Waals surface area contributed by atoms with Gasteiger partial charge in [-0.15, -0.1) is 24.5 Å². The molecule has 7 nitrogen and oxygen atoms in total. The summed E-state index contributed by atoms with van der Waals surface area (Å²) in [5.74, 6) is -1.36. The molecule has 30 heavy (non-hydrogen) atoms. The molecule has 0 aromatic carbocycles. The number of esters is 1. The Morgan fingerprint density at radius 1 is 1.17 bits per heavy atom. The number of carbonyl (C=O) groups excluding carboxylic acids is 1. The van der Waals surface area contributed by atoms with E-state index in [0.29, 0.717) is 15.9 Å². The molecule has 2 aromatic heterocycles. The van der Waals surface area contributed by atoms with E-state index in [0.717, 1.165) is 4.57 Å². The molecule has 2 aromatic rings. The van der Waals surface area contributed by atoms with Gasteiger partial charge >= 0.3 is 18.0 Å². The molecule has 0 bridgehead atoms. The van der Waals surface area contributed by atoms with E-state index in [4.69, 9.17) is 4.74 Å². The molecule has 0 aliphatic heterocycles. The zero-order chi connectivity index (χ0) is 22.8. The molecule has 2 heterocycles. The Morgan fingerprint density at radius 3 is 2.30 bits per heavy atom. The topological polar surface area (TPSA) is 79.5 Å². The fourth-order valence-corrected chi connectivity index (χ4v) is 4.03. The number of hydrogen-bond acceptors (Lipinski definition) is 6. The molecule has 0 atom stereocenters. The number of thiophene rings is 1. The van der Waals surface area contributed by atoms with Crippen LogP contribution in [0.1, 0.15) is 42.4 Å². The molecular weight excluding hydrogens is 439 g/mol. The number of nitrogens with zero attached hydrogens (tertiary/aromatic N) is 2. The van der Waals surface area contributed by atoms with Gasteiger partial charge in [-0.3, -0.25) is 18.7 Å². The number of fused-ring (bicyclic) bond motifs is 1. The molecule has 0 aliphatic rings. The molecule has 0 aliphatic carbocycles. The normalized spacial score (nSPS) is 12.3. The summed E-state index contributed by atoms with van der Waals surface area (Å²) in [6.45, 7) is 2.85. The second-order valence-corrected chi connectivity index (χ2v) is 7.58. The van der Waals surface area contributed by atoms with E-state index in [1.54, 1.807) is 13.8 Å². The van der Waals surface area contributed by atoms with Crippen LogP contribution >= 0.6 is 11.3 Å². The van der Waals surface area contributed by atoms with Crippen LogP contribution in [0.25, 0.3) is 10.2 Å². The van der Waals surface area contributed by atoms with Crippen LogP contribution in [0.15, 0.2) is 9.59 Å². The summed E-state index contributed by atoms with van der Waals surface area (Å²) in [7, 11) is 0. The molecule has 0 N–H and O–H groups in total. The molecule has 0 saturated heterocycles. The lowest BCUT2D eigenvalue weighted by molar-refractivity contribution is -0.325. The van der Waals surface area contributed by atoms with E-state index in [1.807, 2.05) is 0 Å². The van der Waals surface area contributed by atoms with Gasteiger partial charge < -0.3 is 4.74 Å². The van der Waals surface area contributed by atoms with Gasteiger partial charge in [-0.1, -0.05) is 13.8 Å². The number of aromatic nitrogens is 2. The van der Waals surface area contributed by atoms with Gasteiger partial charge in [-0.05, 0) is 12.8 Å². The zero-order valence-electron chi connectivity index (χ0n) is 16.2. The highest BCUT2D eigenvalue weighted by Crippen LogP contribution is 2.36. The molecule has 0 fully saturated rings. The minimum atomic E-state index is -4.96. The van der Waals surface area contributed by atoms with Gasteiger partial charge in [-0.25, -0.2) is 18.4 Å². The maximum atomic E-state index is 13.8. The standard InChI is InChI=1S/C17H19F5N2O5S/c1-4-28-15(26)11-9(12(18)19)10-13(25)24(7-8(2)3)16(27)23(14(10)30-11)5-6-29-17(20,21)22/h8,12H,4-7H2,1-3H3. The van der Waals surface area contributed by atoms with Crippen LogP contribution in [0.3, 0.4) is 0 Å². The van der Waals surface area contributed by atoms with E-state index in [-0.39, 0.29) is 23.9 Å². The number of hydrogen-bond donors (Lipinski definition) is 0. The van der Waals surface area contributed by atoms with E-state index in [1.165, 1.54) is 6.92 Å². The third kappa shape index (κ3) is 5.06. The van der Waals surface area contributed by atoms with Gasteiger partial charge in [0.25, 0.3) is 12.0 Å². The summed E-state index contributed by atoms with van der Waals surface area (Å²) in [5, 5.41) is -0.592.